The lowest BCUT2D eigenvalue weighted by Crippen LogP contribution is -2.41. The quantitative estimate of drug-likeness (QED) is 0.735. The molecule has 1 aromatic rings. The van der Waals surface area contributed by atoms with E-state index in [-0.39, 0.29) is 17.2 Å². The maximum absolute atomic E-state index is 11.5. The SMILES string of the molecule is CN1C(=O)C(Cl)Oc2c(C(N)=O)cccc21. The molecular formula is C10H9ClN2O3. The van der Waals surface area contributed by atoms with Gasteiger partial charge >= 0.3 is 0 Å². The normalized spacial score (nSPS) is 19.0. The first-order valence-corrected chi connectivity index (χ1v) is 4.97. The number of hydrogen-bond acceptors (Lipinski definition) is 3. The van der Waals surface area contributed by atoms with E-state index in [9.17, 15) is 9.59 Å². The Hall–Kier alpha value is -1.75. The molecule has 0 aliphatic carbocycles. The third-order valence-electron chi connectivity index (χ3n) is 2.37. The second-order valence-electron chi connectivity index (χ2n) is 3.35. The minimum atomic E-state index is -1.13. The molecule has 0 aromatic heterocycles. The van der Waals surface area contributed by atoms with E-state index in [4.69, 9.17) is 22.1 Å². The minimum absolute atomic E-state index is 0.211. The fourth-order valence-corrected chi connectivity index (χ4v) is 1.77. The van der Waals surface area contributed by atoms with Crippen molar-refractivity contribution in [2.45, 2.75) is 5.56 Å². The molecule has 0 bridgehead atoms. The molecule has 0 spiro atoms. The highest BCUT2D eigenvalue weighted by Gasteiger charge is 2.32. The van der Waals surface area contributed by atoms with E-state index in [0.29, 0.717) is 5.69 Å². The van der Waals surface area contributed by atoms with Crippen molar-refractivity contribution in [1.82, 2.24) is 0 Å². The number of likely N-dealkylation sites (N-methyl/N-ethyl adjacent to an activating group) is 1. The molecule has 2 N–H and O–H groups in total. The zero-order chi connectivity index (χ0) is 11.9. The monoisotopic (exact) mass is 240 g/mol. The maximum atomic E-state index is 11.5. The molecule has 1 aliphatic heterocycles. The van der Waals surface area contributed by atoms with Gasteiger partial charge in [-0.1, -0.05) is 17.7 Å². The van der Waals surface area contributed by atoms with Crippen LogP contribution in [0.5, 0.6) is 5.75 Å². The van der Waals surface area contributed by atoms with Crippen molar-refractivity contribution in [2.75, 3.05) is 11.9 Å². The lowest BCUT2D eigenvalue weighted by molar-refractivity contribution is -0.122. The number of carbonyl (C=O) groups is 2. The summed E-state index contributed by atoms with van der Waals surface area (Å²) in [6, 6.07) is 4.80. The van der Waals surface area contributed by atoms with Crippen LogP contribution in [-0.2, 0) is 4.79 Å². The summed E-state index contributed by atoms with van der Waals surface area (Å²) in [5, 5.41) is 0. The number of fused-ring (bicyclic) bond motifs is 1. The molecule has 2 amide bonds. The van der Waals surface area contributed by atoms with Crippen LogP contribution < -0.4 is 15.4 Å². The first kappa shape index (κ1) is 10.8. The van der Waals surface area contributed by atoms with Gasteiger partial charge < -0.3 is 15.4 Å². The molecule has 1 heterocycles. The highest BCUT2D eigenvalue weighted by molar-refractivity contribution is 6.32. The zero-order valence-electron chi connectivity index (χ0n) is 8.44. The van der Waals surface area contributed by atoms with Crippen LogP contribution in [0.4, 0.5) is 5.69 Å². The Bertz CT molecular complexity index is 475. The largest absolute Gasteiger partial charge is 0.462 e. The number of primary amides is 1. The molecule has 84 valence electrons. The van der Waals surface area contributed by atoms with Gasteiger partial charge in [0.05, 0.1) is 11.3 Å². The molecule has 0 fully saturated rings. The standard InChI is InChI=1S/C10H9ClN2O3/c1-13-6-4-2-3-5(9(12)14)7(6)16-8(11)10(13)15/h2-4,8H,1H3,(H2,12,14). The van der Waals surface area contributed by atoms with Crippen molar-refractivity contribution < 1.29 is 14.3 Å². The summed E-state index contributed by atoms with van der Waals surface area (Å²) in [6.45, 7) is 0. The average Bonchev–Trinajstić information content (AvgIpc) is 2.25. The van der Waals surface area contributed by atoms with Gasteiger partial charge in [-0.2, -0.15) is 0 Å². The van der Waals surface area contributed by atoms with Gasteiger partial charge in [-0.05, 0) is 12.1 Å². The second kappa shape index (κ2) is 3.68. The van der Waals surface area contributed by atoms with Crippen molar-refractivity contribution in [2.24, 2.45) is 5.73 Å². The fourth-order valence-electron chi connectivity index (χ4n) is 1.53. The minimum Gasteiger partial charge on any atom is -0.462 e. The molecule has 2 rings (SSSR count). The number of ether oxygens (including phenoxy) is 1. The number of rotatable bonds is 1. The number of carbonyl (C=O) groups excluding carboxylic acids is 2. The summed E-state index contributed by atoms with van der Waals surface area (Å²) < 4.78 is 5.18. The van der Waals surface area contributed by atoms with Crippen LogP contribution in [0.15, 0.2) is 18.2 Å². The number of benzene rings is 1. The molecule has 1 aliphatic rings. The van der Waals surface area contributed by atoms with Gasteiger partial charge in [-0.3, -0.25) is 9.59 Å². The van der Waals surface area contributed by atoms with Crippen LogP contribution >= 0.6 is 11.6 Å². The highest BCUT2D eigenvalue weighted by Crippen LogP contribution is 2.36. The van der Waals surface area contributed by atoms with E-state index >= 15 is 0 Å². The van der Waals surface area contributed by atoms with E-state index in [1.54, 1.807) is 19.2 Å². The van der Waals surface area contributed by atoms with E-state index < -0.39 is 11.5 Å². The molecule has 6 heteroatoms. The Morgan fingerprint density at radius 1 is 1.56 bits per heavy atom. The van der Waals surface area contributed by atoms with Crippen molar-refractivity contribution >= 4 is 29.1 Å². The van der Waals surface area contributed by atoms with Crippen molar-refractivity contribution in [3.8, 4) is 5.75 Å². The molecule has 1 aromatic carbocycles. The molecule has 0 radical (unpaired) electrons. The number of nitrogens with two attached hydrogens (primary N) is 1. The van der Waals surface area contributed by atoms with Gasteiger partial charge in [0.2, 0.25) is 0 Å². The van der Waals surface area contributed by atoms with Gasteiger partial charge in [-0.25, -0.2) is 0 Å². The van der Waals surface area contributed by atoms with Gasteiger partial charge in [0.1, 0.15) is 0 Å². The van der Waals surface area contributed by atoms with Crippen LogP contribution in [0.25, 0.3) is 0 Å². The summed E-state index contributed by atoms with van der Waals surface area (Å²) in [6.07, 6.45) is 0. The number of amides is 2. The molecule has 1 atom stereocenters. The predicted octanol–water partition coefficient (Wildman–Crippen LogP) is 0.706. The smallest absolute Gasteiger partial charge is 0.283 e. The zero-order valence-corrected chi connectivity index (χ0v) is 9.19. The lowest BCUT2D eigenvalue weighted by atomic mass is 10.1. The number of hydrogen-bond donors (Lipinski definition) is 1. The predicted molar refractivity (Wildman–Crippen MR) is 58.6 cm³/mol. The molecule has 0 saturated heterocycles. The number of anilines is 1. The van der Waals surface area contributed by atoms with Gasteiger partial charge in [0.15, 0.2) is 5.75 Å². The van der Waals surface area contributed by atoms with Crippen molar-refractivity contribution in [3.05, 3.63) is 23.8 Å². The second-order valence-corrected chi connectivity index (χ2v) is 3.75. The van der Waals surface area contributed by atoms with Crippen LogP contribution in [0, 0.1) is 0 Å². The van der Waals surface area contributed by atoms with Crippen LogP contribution in [0.1, 0.15) is 10.4 Å². The summed E-state index contributed by atoms with van der Waals surface area (Å²) in [4.78, 5) is 24.0. The van der Waals surface area contributed by atoms with E-state index in [0.717, 1.165) is 0 Å². The number of halogens is 1. The van der Waals surface area contributed by atoms with E-state index in [2.05, 4.69) is 0 Å². The van der Waals surface area contributed by atoms with E-state index in [1.807, 2.05) is 0 Å². The number of nitrogens with zero attached hydrogens (tertiary/aromatic N) is 1. The first-order valence-electron chi connectivity index (χ1n) is 4.53. The Morgan fingerprint density at radius 3 is 2.88 bits per heavy atom. The summed E-state index contributed by atoms with van der Waals surface area (Å²) in [5.41, 5.74) is 4.77. The Morgan fingerprint density at radius 2 is 2.25 bits per heavy atom. The fraction of sp³-hybridized carbons (Fsp3) is 0.200. The third kappa shape index (κ3) is 1.49. The first-order chi connectivity index (χ1) is 7.52. The summed E-state index contributed by atoms with van der Waals surface area (Å²) in [7, 11) is 1.56. The summed E-state index contributed by atoms with van der Waals surface area (Å²) >= 11 is 5.70. The molecular weight excluding hydrogens is 232 g/mol. The maximum Gasteiger partial charge on any atom is 0.283 e. The molecule has 1 unspecified atom stereocenters. The summed E-state index contributed by atoms with van der Waals surface area (Å²) in [5.74, 6) is -0.753. The topological polar surface area (TPSA) is 72.6 Å². The average molecular weight is 241 g/mol. The lowest BCUT2D eigenvalue weighted by Gasteiger charge is -2.29. The van der Waals surface area contributed by atoms with Crippen molar-refractivity contribution in [3.63, 3.8) is 0 Å². The number of alkyl halides is 1. The van der Waals surface area contributed by atoms with Gasteiger partial charge in [-0.15, -0.1) is 0 Å². The van der Waals surface area contributed by atoms with Crippen LogP contribution in [0.2, 0.25) is 0 Å². The number of para-hydroxylation sites is 1. The molecule has 0 saturated carbocycles. The molecule has 16 heavy (non-hydrogen) atoms. The van der Waals surface area contributed by atoms with Gasteiger partial charge in [0.25, 0.3) is 17.4 Å². The van der Waals surface area contributed by atoms with Crippen molar-refractivity contribution in [1.29, 1.82) is 0 Å². The van der Waals surface area contributed by atoms with Crippen LogP contribution in [0.3, 0.4) is 0 Å². The van der Waals surface area contributed by atoms with Gasteiger partial charge in [0, 0.05) is 7.05 Å². The highest BCUT2D eigenvalue weighted by atomic mass is 35.5. The molecule has 5 nitrogen and oxygen atoms in total. The Labute approximate surface area is 96.7 Å². The van der Waals surface area contributed by atoms with E-state index in [1.165, 1.54) is 11.0 Å². The third-order valence-corrected chi connectivity index (χ3v) is 2.64. The Balaban J connectivity index is 2.60. The van der Waals surface area contributed by atoms with Crippen LogP contribution in [-0.4, -0.2) is 24.4 Å². The Kier molecular flexibility index (Phi) is 2.47.